The van der Waals surface area contributed by atoms with Gasteiger partial charge >= 0.3 is 6.09 Å². The molecule has 2 aromatic carbocycles. The van der Waals surface area contributed by atoms with E-state index >= 15 is 0 Å². The molecule has 2 aromatic rings. The van der Waals surface area contributed by atoms with Crippen molar-refractivity contribution in [3.63, 3.8) is 0 Å². The number of para-hydroxylation sites is 1. The zero-order valence-corrected chi connectivity index (χ0v) is 15.9. The van der Waals surface area contributed by atoms with Crippen LogP contribution in [0.15, 0.2) is 48.5 Å². The molecule has 1 amide bonds. The molecule has 1 N–H and O–H groups in total. The predicted octanol–water partition coefficient (Wildman–Crippen LogP) is 4.04. The van der Waals surface area contributed by atoms with Crippen molar-refractivity contribution in [2.75, 3.05) is 27.7 Å². The molecular weight excluding hydrogens is 359 g/mol. The van der Waals surface area contributed by atoms with E-state index in [0.29, 0.717) is 18.8 Å². The van der Waals surface area contributed by atoms with E-state index in [-0.39, 0.29) is 30.0 Å². The fraction of sp³-hybridized carbons (Fsp3) is 0.316. The molecule has 0 saturated heterocycles. The number of rotatable bonds is 7. The Morgan fingerprint density at radius 1 is 1.15 bits per heavy atom. The molecule has 0 fully saturated rings. The van der Waals surface area contributed by atoms with Gasteiger partial charge in [-0.1, -0.05) is 24.3 Å². The van der Waals surface area contributed by atoms with E-state index in [1.54, 1.807) is 44.4 Å². The molecule has 0 aromatic heterocycles. The molecule has 0 saturated carbocycles. The summed E-state index contributed by atoms with van der Waals surface area (Å²) in [4.78, 5) is 12.9. The van der Waals surface area contributed by atoms with E-state index in [4.69, 9.17) is 9.47 Å². The molecule has 26 heavy (non-hydrogen) atoms. The molecule has 2 rings (SSSR count). The van der Waals surface area contributed by atoms with Crippen LogP contribution >= 0.6 is 12.4 Å². The van der Waals surface area contributed by atoms with Crippen molar-refractivity contribution < 1.29 is 18.7 Å². The maximum atomic E-state index is 13.5. The molecule has 1 atom stereocenters. The molecule has 5 nitrogen and oxygen atoms in total. The van der Waals surface area contributed by atoms with Gasteiger partial charge in [-0.3, -0.25) is 0 Å². The van der Waals surface area contributed by atoms with Gasteiger partial charge in [-0.25, -0.2) is 9.18 Å². The maximum Gasteiger partial charge on any atom is 0.414 e. The van der Waals surface area contributed by atoms with Gasteiger partial charge in [0.15, 0.2) is 11.6 Å². The molecule has 0 heterocycles. The molecule has 142 valence electrons. The van der Waals surface area contributed by atoms with E-state index < -0.39 is 6.09 Å². The third-order valence-electron chi connectivity index (χ3n) is 3.70. The second kappa shape index (κ2) is 10.6. The predicted molar refractivity (Wildman–Crippen MR) is 102 cm³/mol. The van der Waals surface area contributed by atoms with E-state index in [1.807, 2.05) is 19.2 Å². The zero-order chi connectivity index (χ0) is 18.2. The first-order valence-electron chi connectivity index (χ1n) is 8.05. The lowest BCUT2D eigenvalue weighted by molar-refractivity contribution is 0.172. The number of nitrogens with one attached hydrogen (secondary N) is 1. The van der Waals surface area contributed by atoms with Gasteiger partial charge in [0.05, 0.1) is 6.61 Å². The van der Waals surface area contributed by atoms with Gasteiger partial charge < -0.3 is 19.7 Å². The van der Waals surface area contributed by atoms with Gasteiger partial charge in [0, 0.05) is 26.6 Å². The van der Waals surface area contributed by atoms with E-state index in [0.717, 1.165) is 5.56 Å². The van der Waals surface area contributed by atoms with Crippen LogP contribution in [0.5, 0.6) is 11.5 Å². The van der Waals surface area contributed by atoms with Gasteiger partial charge in [-0.2, -0.15) is 0 Å². The summed E-state index contributed by atoms with van der Waals surface area (Å²) in [5.74, 6) is 0.374. The normalized spacial score (nSPS) is 11.2. The van der Waals surface area contributed by atoms with Crippen LogP contribution in [0.4, 0.5) is 9.18 Å². The average molecular weight is 383 g/mol. The van der Waals surface area contributed by atoms with Crippen LogP contribution in [-0.4, -0.2) is 38.7 Å². The van der Waals surface area contributed by atoms with Crippen LogP contribution < -0.4 is 14.8 Å². The standard InChI is InChI=1S/C19H23FN2O3.ClH/c1-21-17(12-13-24-18-7-5-4-6-16(18)20)14-8-10-15(11-9-14)25-19(23)22(2)3;/h4-11,17,21H,12-13H2,1-3H3;1H. The van der Waals surface area contributed by atoms with Gasteiger partial charge in [0.25, 0.3) is 0 Å². The Morgan fingerprint density at radius 3 is 2.38 bits per heavy atom. The Hall–Kier alpha value is -2.31. The van der Waals surface area contributed by atoms with Gasteiger partial charge in [-0.05, 0) is 36.9 Å². The third kappa shape index (κ3) is 6.20. The number of benzene rings is 2. The number of hydrogen-bond acceptors (Lipinski definition) is 4. The third-order valence-corrected chi connectivity index (χ3v) is 3.70. The SMILES string of the molecule is CNC(CCOc1ccccc1F)c1ccc(OC(=O)N(C)C)cc1.Cl. The average Bonchev–Trinajstić information content (AvgIpc) is 2.61. The smallest absolute Gasteiger partial charge is 0.414 e. The number of hydrogen-bond donors (Lipinski definition) is 1. The van der Waals surface area contributed by atoms with Crippen LogP contribution in [0.1, 0.15) is 18.0 Å². The molecule has 0 bridgehead atoms. The van der Waals surface area contributed by atoms with Gasteiger partial charge in [-0.15, -0.1) is 12.4 Å². The van der Waals surface area contributed by atoms with Crippen molar-refractivity contribution in [2.24, 2.45) is 0 Å². The minimum atomic E-state index is -0.420. The highest BCUT2D eigenvalue weighted by atomic mass is 35.5. The molecule has 0 spiro atoms. The number of carbonyl (C=O) groups excluding carboxylic acids is 1. The Kier molecular flexibility index (Phi) is 8.88. The molecule has 0 aliphatic rings. The van der Waals surface area contributed by atoms with Gasteiger partial charge in [0.1, 0.15) is 5.75 Å². The van der Waals surface area contributed by atoms with Crippen LogP contribution in [0.25, 0.3) is 0 Å². The van der Waals surface area contributed by atoms with Crippen molar-refractivity contribution >= 4 is 18.5 Å². The first-order chi connectivity index (χ1) is 12.0. The monoisotopic (exact) mass is 382 g/mol. The molecule has 1 unspecified atom stereocenters. The Balaban J connectivity index is 0.00000338. The second-order valence-electron chi connectivity index (χ2n) is 5.74. The topological polar surface area (TPSA) is 50.8 Å². The summed E-state index contributed by atoms with van der Waals surface area (Å²) < 4.78 is 24.2. The summed E-state index contributed by atoms with van der Waals surface area (Å²) in [6, 6.07) is 13.7. The minimum absolute atomic E-state index is 0. The highest BCUT2D eigenvalue weighted by Gasteiger charge is 2.12. The summed E-state index contributed by atoms with van der Waals surface area (Å²) in [5, 5.41) is 3.21. The zero-order valence-electron chi connectivity index (χ0n) is 15.1. The highest BCUT2D eigenvalue weighted by Crippen LogP contribution is 2.22. The molecule has 0 aliphatic heterocycles. The fourth-order valence-electron chi connectivity index (χ4n) is 2.29. The van der Waals surface area contributed by atoms with Crippen LogP contribution in [0.3, 0.4) is 0 Å². The second-order valence-corrected chi connectivity index (χ2v) is 5.74. The summed E-state index contributed by atoms with van der Waals surface area (Å²) in [6.45, 7) is 0.379. The summed E-state index contributed by atoms with van der Waals surface area (Å²) >= 11 is 0. The quantitative estimate of drug-likeness (QED) is 0.785. The summed E-state index contributed by atoms with van der Waals surface area (Å²) in [5.41, 5.74) is 1.03. The van der Waals surface area contributed by atoms with Crippen molar-refractivity contribution in [2.45, 2.75) is 12.5 Å². The summed E-state index contributed by atoms with van der Waals surface area (Å²) in [7, 11) is 5.11. The lowest BCUT2D eigenvalue weighted by Crippen LogP contribution is -2.25. The van der Waals surface area contributed by atoms with Crippen molar-refractivity contribution in [1.82, 2.24) is 10.2 Å². The number of halogens is 2. The lowest BCUT2D eigenvalue weighted by atomic mass is 10.0. The van der Waals surface area contributed by atoms with Crippen molar-refractivity contribution in [3.8, 4) is 11.5 Å². The Labute approximate surface area is 159 Å². The fourth-order valence-corrected chi connectivity index (χ4v) is 2.29. The highest BCUT2D eigenvalue weighted by molar-refractivity contribution is 5.85. The Morgan fingerprint density at radius 2 is 1.81 bits per heavy atom. The lowest BCUT2D eigenvalue weighted by Gasteiger charge is -2.18. The molecule has 7 heteroatoms. The first-order valence-corrected chi connectivity index (χ1v) is 8.05. The maximum absolute atomic E-state index is 13.5. The largest absolute Gasteiger partial charge is 0.490 e. The van der Waals surface area contributed by atoms with E-state index in [9.17, 15) is 9.18 Å². The summed E-state index contributed by atoms with van der Waals surface area (Å²) in [6.07, 6.45) is 0.248. The van der Waals surface area contributed by atoms with E-state index in [1.165, 1.54) is 11.0 Å². The molecule has 0 aliphatic carbocycles. The Bertz CT molecular complexity index is 695. The van der Waals surface area contributed by atoms with E-state index in [2.05, 4.69) is 5.32 Å². The van der Waals surface area contributed by atoms with Crippen molar-refractivity contribution in [1.29, 1.82) is 0 Å². The van der Waals surface area contributed by atoms with Crippen molar-refractivity contribution in [3.05, 3.63) is 59.9 Å². The molecular formula is C19H24ClFN2O3. The van der Waals surface area contributed by atoms with Crippen LogP contribution in [-0.2, 0) is 0 Å². The van der Waals surface area contributed by atoms with Crippen LogP contribution in [0.2, 0.25) is 0 Å². The van der Waals surface area contributed by atoms with Gasteiger partial charge in [0.2, 0.25) is 0 Å². The number of nitrogens with zero attached hydrogens (tertiary/aromatic N) is 1. The minimum Gasteiger partial charge on any atom is -0.490 e. The van der Waals surface area contributed by atoms with Crippen LogP contribution in [0, 0.1) is 5.82 Å². The number of amides is 1. The number of carbonyl (C=O) groups is 1. The number of ether oxygens (including phenoxy) is 2. The first kappa shape index (κ1) is 21.7. The molecule has 0 radical (unpaired) electrons.